The molecule has 2 bridgehead atoms. The summed E-state index contributed by atoms with van der Waals surface area (Å²) < 4.78 is 2.34. The van der Waals surface area contributed by atoms with E-state index < -0.39 is 0 Å². The van der Waals surface area contributed by atoms with Crippen molar-refractivity contribution >= 4 is 34.4 Å². The van der Waals surface area contributed by atoms with Crippen LogP contribution in [-0.4, -0.2) is 63.7 Å². The van der Waals surface area contributed by atoms with Crippen LogP contribution in [0.2, 0.25) is 0 Å². The molecule has 1 aromatic heterocycles. The molecule has 0 radical (unpaired) electrons. The molecule has 172 valence electrons. The number of anilines is 1. The molecule has 6 nitrogen and oxygen atoms in total. The lowest BCUT2D eigenvalue weighted by atomic mass is 9.77. The molecule has 0 amide bonds. The van der Waals surface area contributed by atoms with Crippen LogP contribution in [0.4, 0.5) is 5.95 Å². The number of aromatic nitrogens is 2. The van der Waals surface area contributed by atoms with Gasteiger partial charge in [0.2, 0.25) is 5.95 Å². The van der Waals surface area contributed by atoms with Gasteiger partial charge in [-0.1, -0.05) is 25.5 Å². The van der Waals surface area contributed by atoms with Crippen LogP contribution < -0.4 is 4.90 Å². The van der Waals surface area contributed by atoms with E-state index in [2.05, 4.69) is 32.8 Å². The topological polar surface area (TPSA) is 52.6 Å². The molecular formula is C23H37N5OS2. The SMILES string of the molecule is CC(C)C(=O)C1CCC(CN(C)Cc2cnc(N3C4CCC3CN(SS)C4)nc2)CC1. The molecule has 3 fully saturated rings. The van der Waals surface area contributed by atoms with E-state index in [9.17, 15) is 4.79 Å². The number of carbonyl (C=O) groups excluding carboxylic acids is 1. The third-order valence-electron chi connectivity index (χ3n) is 7.33. The highest BCUT2D eigenvalue weighted by Crippen LogP contribution is 2.36. The van der Waals surface area contributed by atoms with Crippen LogP contribution in [-0.2, 0) is 11.3 Å². The summed E-state index contributed by atoms with van der Waals surface area (Å²) in [6.07, 6.45) is 10.9. The van der Waals surface area contributed by atoms with E-state index in [1.54, 1.807) is 11.0 Å². The molecule has 3 heterocycles. The second kappa shape index (κ2) is 10.4. The quantitative estimate of drug-likeness (QED) is 0.354. The molecule has 8 heteroatoms. The third kappa shape index (κ3) is 5.57. The molecule has 4 rings (SSSR count). The fourth-order valence-corrected chi connectivity index (χ4v) is 6.62. The van der Waals surface area contributed by atoms with E-state index in [1.807, 2.05) is 26.2 Å². The Balaban J connectivity index is 1.26. The number of thiol groups is 1. The van der Waals surface area contributed by atoms with Crippen LogP contribution in [0.15, 0.2) is 12.4 Å². The Morgan fingerprint density at radius 2 is 1.74 bits per heavy atom. The Morgan fingerprint density at radius 1 is 1.13 bits per heavy atom. The maximum Gasteiger partial charge on any atom is 0.225 e. The first-order valence-corrected chi connectivity index (χ1v) is 13.6. The van der Waals surface area contributed by atoms with Crippen LogP contribution in [0.3, 0.4) is 0 Å². The van der Waals surface area contributed by atoms with Gasteiger partial charge < -0.3 is 9.80 Å². The minimum absolute atomic E-state index is 0.174. The minimum atomic E-state index is 0.174. The third-order valence-corrected chi connectivity index (χ3v) is 8.55. The predicted molar refractivity (Wildman–Crippen MR) is 131 cm³/mol. The van der Waals surface area contributed by atoms with Crippen molar-refractivity contribution in [1.29, 1.82) is 0 Å². The number of fused-ring (bicyclic) bond motifs is 2. The zero-order valence-electron chi connectivity index (χ0n) is 19.1. The standard InChI is InChI=1S/C23H37N5OS2/c1-16(2)22(29)19-6-4-17(5-7-19)12-26(3)13-18-10-24-23(25-11-18)28-20-8-9-21(28)15-27(14-20)31-30/h10-11,16-17,19-21,30H,4-9,12-15H2,1-3H3. The highest BCUT2D eigenvalue weighted by atomic mass is 33.1. The molecule has 0 N–H and O–H groups in total. The zero-order valence-corrected chi connectivity index (χ0v) is 20.8. The van der Waals surface area contributed by atoms with Crippen LogP contribution in [0.25, 0.3) is 0 Å². The fraction of sp³-hybridized carbons (Fsp3) is 0.783. The van der Waals surface area contributed by atoms with E-state index in [4.69, 9.17) is 9.97 Å². The summed E-state index contributed by atoms with van der Waals surface area (Å²) in [6.45, 7) is 8.08. The van der Waals surface area contributed by atoms with E-state index >= 15 is 0 Å². The molecule has 1 aromatic rings. The number of ketones is 1. The smallest absolute Gasteiger partial charge is 0.225 e. The van der Waals surface area contributed by atoms with E-state index in [-0.39, 0.29) is 5.92 Å². The molecule has 3 aliphatic rings. The molecule has 0 spiro atoms. The zero-order chi connectivity index (χ0) is 22.0. The van der Waals surface area contributed by atoms with Crippen molar-refractivity contribution in [2.24, 2.45) is 17.8 Å². The molecule has 1 aliphatic carbocycles. The van der Waals surface area contributed by atoms with Gasteiger partial charge in [0.25, 0.3) is 0 Å². The van der Waals surface area contributed by atoms with E-state index in [0.717, 1.165) is 45.0 Å². The summed E-state index contributed by atoms with van der Waals surface area (Å²) in [5.41, 5.74) is 1.17. The maximum atomic E-state index is 12.3. The first-order chi connectivity index (χ1) is 14.9. The van der Waals surface area contributed by atoms with Crippen molar-refractivity contribution in [3.63, 3.8) is 0 Å². The Labute approximate surface area is 196 Å². The summed E-state index contributed by atoms with van der Waals surface area (Å²) in [6, 6.07) is 1.01. The highest BCUT2D eigenvalue weighted by molar-refractivity contribution is 8.67. The molecule has 31 heavy (non-hydrogen) atoms. The van der Waals surface area contributed by atoms with Crippen molar-refractivity contribution in [2.45, 2.75) is 71.0 Å². The average molecular weight is 464 g/mol. The second-order valence-corrected chi connectivity index (χ2v) is 11.3. The van der Waals surface area contributed by atoms with E-state index in [1.165, 1.54) is 31.2 Å². The number of hydrogen-bond donors (Lipinski definition) is 1. The number of nitrogens with zero attached hydrogens (tertiary/aromatic N) is 5. The predicted octanol–water partition coefficient (Wildman–Crippen LogP) is 4.09. The average Bonchev–Trinajstić information content (AvgIpc) is 3.03. The molecule has 1 saturated carbocycles. The van der Waals surface area contributed by atoms with Gasteiger partial charge in [0.1, 0.15) is 5.78 Å². The Kier molecular flexibility index (Phi) is 7.83. The van der Waals surface area contributed by atoms with Crippen molar-refractivity contribution < 1.29 is 4.79 Å². The summed E-state index contributed by atoms with van der Waals surface area (Å²) >= 11 is 4.38. The maximum absolute atomic E-state index is 12.3. The summed E-state index contributed by atoms with van der Waals surface area (Å²) in [4.78, 5) is 26.6. The van der Waals surface area contributed by atoms with E-state index in [0.29, 0.717) is 29.7 Å². The highest BCUT2D eigenvalue weighted by Gasteiger charge is 2.41. The van der Waals surface area contributed by atoms with Crippen LogP contribution in [0.1, 0.15) is 57.9 Å². The Hall–Kier alpha value is -0.830. The van der Waals surface area contributed by atoms with Gasteiger partial charge >= 0.3 is 0 Å². The minimum Gasteiger partial charge on any atom is -0.332 e. The van der Waals surface area contributed by atoms with Crippen LogP contribution >= 0.6 is 22.6 Å². The molecular weight excluding hydrogens is 426 g/mol. The van der Waals surface area contributed by atoms with Crippen molar-refractivity contribution in [2.75, 3.05) is 31.6 Å². The van der Waals surface area contributed by atoms with Crippen molar-refractivity contribution in [3.05, 3.63) is 18.0 Å². The van der Waals surface area contributed by atoms with Gasteiger partial charge in [-0.25, -0.2) is 14.3 Å². The first kappa shape index (κ1) is 23.3. The first-order valence-electron chi connectivity index (χ1n) is 11.8. The number of Topliss-reactive ketones (excluding diaryl/α,β-unsaturated/α-hetero) is 1. The van der Waals surface area contributed by atoms with Gasteiger partial charge in [-0.05, 0) is 62.5 Å². The molecule has 2 atom stereocenters. The Morgan fingerprint density at radius 3 is 2.29 bits per heavy atom. The number of piperazine rings is 1. The largest absolute Gasteiger partial charge is 0.332 e. The molecule has 0 aromatic carbocycles. The monoisotopic (exact) mass is 463 g/mol. The lowest BCUT2D eigenvalue weighted by molar-refractivity contribution is -0.127. The molecule has 2 saturated heterocycles. The Bertz CT molecular complexity index is 724. The fourth-order valence-electron chi connectivity index (χ4n) is 5.74. The van der Waals surface area contributed by atoms with Crippen molar-refractivity contribution in [3.8, 4) is 0 Å². The normalized spacial score (nSPS) is 29.2. The van der Waals surface area contributed by atoms with Gasteiger partial charge in [-0.3, -0.25) is 4.79 Å². The summed E-state index contributed by atoms with van der Waals surface area (Å²) in [7, 11) is 3.74. The summed E-state index contributed by atoms with van der Waals surface area (Å²) in [5.74, 6) is 2.51. The second-order valence-electron chi connectivity index (χ2n) is 10.1. The number of rotatable bonds is 8. The molecule has 2 unspecified atom stereocenters. The van der Waals surface area contributed by atoms with Gasteiger partial charge in [0, 0.05) is 68.1 Å². The van der Waals surface area contributed by atoms with Crippen LogP contribution in [0.5, 0.6) is 0 Å². The van der Waals surface area contributed by atoms with Gasteiger partial charge in [-0.2, -0.15) is 0 Å². The number of hydrogen-bond acceptors (Lipinski definition) is 8. The lowest BCUT2D eigenvalue weighted by Gasteiger charge is -2.39. The molecule has 2 aliphatic heterocycles. The lowest BCUT2D eigenvalue weighted by Crippen LogP contribution is -2.52. The van der Waals surface area contributed by atoms with Gasteiger partial charge in [-0.15, -0.1) is 0 Å². The van der Waals surface area contributed by atoms with Gasteiger partial charge in [0.05, 0.1) is 0 Å². The van der Waals surface area contributed by atoms with Crippen LogP contribution in [0, 0.1) is 17.8 Å². The summed E-state index contributed by atoms with van der Waals surface area (Å²) in [5, 5.41) is 0. The number of carbonyl (C=O) groups is 1. The van der Waals surface area contributed by atoms with Crippen molar-refractivity contribution in [1.82, 2.24) is 19.2 Å². The van der Waals surface area contributed by atoms with Gasteiger partial charge in [0.15, 0.2) is 0 Å².